The number of hydrogen-bond donors (Lipinski definition) is 0. The molecule has 2 nitrogen and oxygen atoms in total. The maximum absolute atomic E-state index is 4.60. The van der Waals surface area contributed by atoms with E-state index in [0.717, 1.165) is 29.9 Å². The molecule has 0 bridgehead atoms. The standard InChI is InChI=1S/C11H18N2/c1-5-9-10(6-2)13-11(7-12-9)8(3)4/h7-8H,5-6H2,1-4H3. The molecule has 0 aliphatic rings. The molecule has 0 spiro atoms. The molecule has 1 heterocycles. The lowest BCUT2D eigenvalue weighted by Gasteiger charge is -2.08. The van der Waals surface area contributed by atoms with Crippen molar-refractivity contribution in [2.45, 2.75) is 46.5 Å². The molecule has 2 heteroatoms. The highest BCUT2D eigenvalue weighted by Crippen LogP contribution is 2.13. The van der Waals surface area contributed by atoms with E-state index in [0.29, 0.717) is 5.92 Å². The van der Waals surface area contributed by atoms with E-state index in [1.165, 1.54) is 0 Å². The monoisotopic (exact) mass is 178 g/mol. The van der Waals surface area contributed by atoms with Crippen molar-refractivity contribution >= 4 is 0 Å². The van der Waals surface area contributed by atoms with Crippen LogP contribution in [0.5, 0.6) is 0 Å². The van der Waals surface area contributed by atoms with Crippen molar-refractivity contribution in [2.24, 2.45) is 0 Å². The molecule has 0 saturated carbocycles. The van der Waals surface area contributed by atoms with E-state index in [2.05, 4.69) is 37.7 Å². The lowest BCUT2D eigenvalue weighted by atomic mass is 10.1. The molecule has 0 aliphatic heterocycles. The van der Waals surface area contributed by atoms with Crippen molar-refractivity contribution in [2.75, 3.05) is 0 Å². The highest BCUT2D eigenvalue weighted by atomic mass is 14.8. The molecule has 13 heavy (non-hydrogen) atoms. The molecule has 0 atom stereocenters. The molecule has 1 aromatic rings. The van der Waals surface area contributed by atoms with E-state index in [9.17, 15) is 0 Å². The Morgan fingerprint density at radius 3 is 2.23 bits per heavy atom. The fourth-order valence-electron chi connectivity index (χ4n) is 1.32. The van der Waals surface area contributed by atoms with Crippen molar-refractivity contribution in [3.63, 3.8) is 0 Å². The van der Waals surface area contributed by atoms with Crippen LogP contribution in [0.15, 0.2) is 6.20 Å². The van der Waals surface area contributed by atoms with Crippen LogP contribution in [0.3, 0.4) is 0 Å². The first kappa shape index (κ1) is 10.2. The third-order valence-corrected chi connectivity index (χ3v) is 2.21. The smallest absolute Gasteiger partial charge is 0.0619 e. The van der Waals surface area contributed by atoms with E-state index in [1.807, 2.05) is 6.20 Å². The molecule has 0 N–H and O–H groups in total. The molecular weight excluding hydrogens is 160 g/mol. The van der Waals surface area contributed by atoms with Gasteiger partial charge in [0.05, 0.1) is 17.1 Å². The summed E-state index contributed by atoms with van der Waals surface area (Å²) in [5, 5.41) is 0. The third-order valence-electron chi connectivity index (χ3n) is 2.21. The molecule has 0 fully saturated rings. The Balaban J connectivity index is 3.05. The van der Waals surface area contributed by atoms with Gasteiger partial charge in [0.25, 0.3) is 0 Å². The lowest BCUT2D eigenvalue weighted by Crippen LogP contribution is -2.03. The Morgan fingerprint density at radius 1 is 1.15 bits per heavy atom. The van der Waals surface area contributed by atoms with Crippen LogP contribution < -0.4 is 0 Å². The Bertz CT molecular complexity index is 279. The van der Waals surface area contributed by atoms with Crippen LogP contribution in [0.1, 0.15) is 50.7 Å². The summed E-state index contributed by atoms with van der Waals surface area (Å²) in [7, 11) is 0. The van der Waals surface area contributed by atoms with Crippen LogP contribution in [-0.4, -0.2) is 9.97 Å². The molecule has 0 saturated heterocycles. The first-order valence-electron chi connectivity index (χ1n) is 5.03. The third kappa shape index (κ3) is 2.27. The summed E-state index contributed by atoms with van der Waals surface area (Å²) in [4.78, 5) is 9.03. The SMILES string of the molecule is CCc1ncc(C(C)C)nc1CC. The minimum Gasteiger partial charge on any atom is -0.258 e. The minimum atomic E-state index is 0.476. The van der Waals surface area contributed by atoms with Gasteiger partial charge in [-0.25, -0.2) is 0 Å². The average Bonchev–Trinajstić information content (AvgIpc) is 2.16. The predicted molar refractivity (Wildman–Crippen MR) is 54.9 cm³/mol. The number of aromatic nitrogens is 2. The summed E-state index contributed by atoms with van der Waals surface area (Å²) in [5.74, 6) is 0.476. The van der Waals surface area contributed by atoms with Gasteiger partial charge in [-0.05, 0) is 18.8 Å². The highest BCUT2D eigenvalue weighted by Gasteiger charge is 2.06. The first-order valence-corrected chi connectivity index (χ1v) is 5.03. The first-order chi connectivity index (χ1) is 6.19. The Hall–Kier alpha value is -0.920. The van der Waals surface area contributed by atoms with Crippen molar-refractivity contribution in [1.82, 2.24) is 9.97 Å². The summed E-state index contributed by atoms with van der Waals surface area (Å²) >= 11 is 0. The summed E-state index contributed by atoms with van der Waals surface area (Å²) in [5.41, 5.74) is 3.41. The number of aryl methyl sites for hydroxylation is 2. The van der Waals surface area contributed by atoms with E-state index in [1.54, 1.807) is 0 Å². The zero-order valence-electron chi connectivity index (χ0n) is 8.96. The van der Waals surface area contributed by atoms with Crippen LogP contribution in [0.2, 0.25) is 0 Å². The second-order valence-electron chi connectivity index (χ2n) is 3.55. The van der Waals surface area contributed by atoms with Crippen LogP contribution >= 0.6 is 0 Å². The Labute approximate surface area is 80.4 Å². The van der Waals surface area contributed by atoms with Gasteiger partial charge < -0.3 is 0 Å². The number of hydrogen-bond acceptors (Lipinski definition) is 2. The van der Waals surface area contributed by atoms with Crippen LogP contribution in [0.4, 0.5) is 0 Å². The van der Waals surface area contributed by atoms with Gasteiger partial charge in [-0.2, -0.15) is 0 Å². The molecule has 0 amide bonds. The topological polar surface area (TPSA) is 25.8 Å². The Kier molecular flexibility index (Phi) is 3.40. The lowest BCUT2D eigenvalue weighted by molar-refractivity contribution is 0.775. The number of rotatable bonds is 3. The fourth-order valence-corrected chi connectivity index (χ4v) is 1.32. The zero-order valence-corrected chi connectivity index (χ0v) is 8.96. The van der Waals surface area contributed by atoms with Gasteiger partial charge in [0, 0.05) is 6.20 Å². The van der Waals surface area contributed by atoms with E-state index < -0.39 is 0 Å². The molecule has 0 unspecified atom stereocenters. The van der Waals surface area contributed by atoms with Crippen LogP contribution in [0, 0.1) is 0 Å². The second kappa shape index (κ2) is 4.35. The normalized spacial score (nSPS) is 10.8. The van der Waals surface area contributed by atoms with Crippen LogP contribution in [0.25, 0.3) is 0 Å². The van der Waals surface area contributed by atoms with Crippen molar-refractivity contribution < 1.29 is 0 Å². The summed E-state index contributed by atoms with van der Waals surface area (Å²) in [6.45, 7) is 8.55. The van der Waals surface area contributed by atoms with Gasteiger partial charge in [0.2, 0.25) is 0 Å². The van der Waals surface area contributed by atoms with Gasteiger partial charge in [-0.1, -0.05) is 27.7 Å². The zero-order chi connectivity index (χ0) is 9.84. The molecular formula is C11H18N2. The second-order valence-corrected chi connectivity index (χ2v) is 3.55. The summed E-state index contributed by atoms with van der Waals surface area (Å²) in [6, 6.07) is 0. The molecule has 0 aliphatic carbocycles. The average molecular weight is 178 g/mol. The van der Waals surface area contributed by atoms with Gasteiger partial charge in [-0.3, -0.25) is 9.97 Å². The van der Waals surface area contributed by atoms with Crippen molar-refractivity contribution in [1.29, 1.82) is 0 Å². The molecule has 1 rings (SSSR count). The van der Waals surface area contributed by atoms with Crippen LogP contribution in [-0.2, 0) is 12.8 Å². The Morgan fingerprint density at radius 2 is 1.77 bits per heavy atom. The number of nitrogens with zero attached hydrogens (tertiary/aromatic N) is 2. The minimum absolute atomic E-state index is 0.476. The largest absolute Gasteiger partial charge is 0.258 e. The predicted octanol–water partition coefficient (Wildman–Crippen LogP) is 2.72. The molecule has 0 aromatic carbocycles. The van der Waals surface area contributed by atoms with E-state index in [4.69, 9.17) is 0 Å². The molecule has 72 valence electrons. The quantitative estimate of drug-likeness (QED) is 0.711. The van der Waals surface area contributed by atoms with Gasteiger partial charge >= 0.3 is 0 Å². The fraction of sp³-hybridized carbons (Fsp3) is 0.636. The van der Waals surface area contributed by atoms with Gasteiger partial charge in [0.1, 0.15) is 0 Å². The summed E-state index contributed by atoms with van der Waals surface area (Å²) < 4.78 is 0. The van der Waals surface area contributed by atoms with Crippen molar-refractivity contribution in [3.8, 4) is 0 Å². The van der Waals surface area contributed by atoms with Gasteiger partial charge in [0.15, 0.2) is 0 Å². The molecule has 0 radical (unpaired) electrons. The maximum atomic E-state index is 4.60. The maximum Gasteiger partial charge on any atom is 0.0619 e. The molecule has 1 aromatic heterocycles. The van der Waals surface area contributed by atoms with E-state index in [-0.39, 0.29) is 0 Å². The van der Waals surface area contributed by atoms with Gasteiger partial charge in [-0.15, -0.1) is 0 Å². The van der Waals surface area contributed by atoms with Crippen molar-refractivity contribution in [3.05, 3.63) is 23.3 Å². The highest BCUT2D eigenvalue weighted by molar-refractivity contribution is 5.15. The van der Waals surface area contributed by atoms with E-state index >= 15 is 0 Å². The summed E-state index contributed by atoms with van der Waals surface area (Å²) in [6.07, 6.45) is 3.87.